The number of rotatable bonds is 6. The first-order valence-corrected chi connectivity index (χ1v) is 15.2. The summed E-state index contributed by atoms with van der Waals surface area (Å²) < 4.78 is 31.6. The van der Waals surface area contributed by atoms with Crippen molar-refractivity contribution in [1.29, 1.82) is 0 Å². The monoisotopic (exact) mass is 526 g/mol. The first-order valence-electron chi connectivity index (χ1n) is 13.4. The lowest BCUT2D eigenvalue weighted by Gasteiger charge is -2.59. The van der Waals surface area contributed by atoms with E-state index in [0.29, 0.717) is 25.0 Å². The molecule has 1 spiro atoms. The number of fused-ring (bicyclic) bond motifs is 1. The van der Waals surface area contributed by atoms with E-state index in [9.17, 15) is 8.42 Å². The Balaban J connectivity index is 1.07. The number of hydrogen-bond donors (Lipinski definition) is 2. The van der Waals surface area contributed by atoms with Gasteiger partial charge in [-0.25, -0.2) is 23.1 Å². The van der Waals surface area contributed by atoms with Gasteiger partial charge in [-0.15, -0.1) is 0 Å². The van der Waals surface area contributed by atoms with Crippen LogP contribution in [-0.4, -0.2) is 67.3 Å². The van der Waals surface area contributed by atoms with Crippen LogP contribution >= 0.6 is 0 Å². The second-order valence-electron chi connectivity index (χ2n) is 11.8. The molecule has 4 unspecified atom stereocenters. The van der Waals surface area contributed by atoms with Crippen molar-refractivity contribution in [2.75, 3.05) is 37.3 Å². The molecule has 37 heavy (non-hydrogen) atoms. The lowest BCUT2D eigenvalue weighted by Crippen LogP contribution is -2.73. The number of ether oxygens (including phenoxy) is 1. The Kier molecular flexibility index (Phi) is 6.31. The van der Waals surface area contributed by atoms with E-state index in [-0.39, 0.29) is 23.7 Å². The minimum Gasteiger partial charge on any atom is -0.371 e. The second-order valence-corrected chi connectivity index (χ2v) is 13.8. The average molecular weight is 527 g/mol. The van der Waals surface area contributed by atoms with Crippen molar-refractivity contribution in [3.8, 4) is 0 Å². The zero-order chi connectivity index (χ0) is 25.9. The van der Waals surface area contributed by atoms with Crippen molar-refractivity contribution in [3.05, 3.63) is 53.0 Å². The Morgan fingerprint density at radius 3 is 2.43 bits per heavy atom. The summed E-state index contributed by atoms with van der Waals surface area (Å²) in [5.41, 5.74) is 12.0. The SMILES string of the molecule is Cc1cncc(C)c1[C@H](C)OC1CCC2NNC(c3ccc(N4CC5(C4)CN(S(C)(=O)=O)C5)nc3)C2C1. The third kappa shape index (κ3) is 4.67. The highest BCUT2D eigenvalue weighted by molar-refractivity contribution is 7.88. The van der Waals surface area contributed by atoms with Crippen LogP contribution in [0.25, 0.3) is 0 Å². The molecule has 2 aromatic rings. The number of pyridine rings is 2. The fourth-order valence-electron chi connectivity index (χ4n) is 7.01. The molecule has 0 amide bonds. The van der Waals surface area contributed by atoms with E-state index < -0.39 is 10.0 Å². The lowest BCUT2D eigenvalue weighted by molar-refractivity contribution is -0.0375. The van der Waals surface area contributed by atoms with Gasteiger partial charge in [-0.3, -0.25) is 10.4 Å². The Morgan fingerprint density at radius 2 is 1.78 bits per heavy atom. The third-order valence-electron chi connectivity index (χ3n) is 8.89. The van der Waals surface area contributed by atoms with Gasteiger partial charge in [-0.2, -0.15) is 0 Å². The average Bonchev–Trinajstić information content (AvgIpc) is 3.20. The molecule has 200 valence electrons. The van der Waals surface area contributed by atoms with Gasteiger partial charge in [0.05, 0.1) is 24.5 Å². The lowest BCUT2D eigenvalue weighted by atomic mass is 9.74. The van der Waals surface area contributed by atoms with Gasteiger partial charge in [0, 0.05) is 56.2 Å². The smallest absolute Gasteiger partial charge is 0.211 e. The van der Waals surface area contributed by atoms with Gasteiger partial charge < -0.3 is 9.64 Å². The van der Waals surface area contributed by atoms with Gasteiger partial charge in [0.15, 0.2) is 0 Å². The van der Waals surface area contributed by atoms with E-state index >= 15 is 0 Å². The number of aryl methyl sites for hydroxylation is 2. The zero-order valence-electron chi connectivity index (χ0n) is 22.1. The Morgan fingerprint density at radius 1 is 1.05 bits per heavy atom. The number of nitrogens with zero attached hydrogens (tertiary/aromatic N) is 4. The van der Waals surface area contributed by atoms with E-state index in [0.717, 1.165) is 38.2 Å². The first-order chi connectivity index (χ1) is 17.6. The predicted octanol–water partition coefficient (Wildman–Crippen LogP) is 2.64. The van der Waals surface area contributed by atoms with Crippen LogP contribution in [0.3, 0.4) is 0 Å². The highest BCUT2D eigenvalue weighted by atomic mass is 32.2. The van der Waals surface area contributed by atoms with E-state index in [2.05, 4.69) is 53.6 Å². The van der Waals surface area contributed by atoms with Crippen LogP contribution in [-0.2, 0) is 14.8 Å². The molecule has 1 aliphatic carbocycles. The normalized spacial score (nSPS) is 30.0. The molecule has 10 heteroatoms. The molecule has 2 N–H and O–H groups in total. The Bertz CT molecular complexity index is 1240. The van der Waals surface area contributed by atoms with Crippen LogP contribution in [0, 0.1) is 25.2 Å². The highest BCUT2D eigenvalue weighted by Gasteiger charge is 2.54. The summed E-state index contributed by atoms with van der Waals surface area (Å²) in [6.45, 7) is 9.38. The second kappa shape index (κ2) is 9.27. The maximum absolute atomic E-state index is 11.7. The minimum atomic E-state index is -3.07. The standard InChI is InChI=1S/C27H38N6O3S/c1-17-10-28-11-18(2)25(17)19(3)36-21-6-7-23-22(9-21)26(31-30-23)20-5-8-24(29-12-20)32-13-27(14-32)15-33(16-27)37(4,34)35/h5,8,10-12,19,21-23,26,30-31H,6-7,9,13-16H2,1-4H3/t19-,21?,22?,23?,26?/m0/s1. The van der Waals surface area contributed by atoms with E-state index in [1.54, 1.807) is 4.31 Å². The molecule has 5 atom stereocenters. The summed E-state index contributed by atoms with van der Waals surface area (Å²) >= 11 is 0. The Labute approximate surface area is 220 Å². The topological polar surface area (TPSA) is 99.7 Å². The fourth-order valence-corrected chi connectivity index (χ4v) is 8.03. The molecule has 3 saturated heterocycles. The van der Waals surface area contributed by atoms with Gasteiger partial charge in [0.25, 0.3) is 0 Å². The van der Waals surface area contributed by atoms with Gasteiger partial charge in [-0.05, 0) is 74.3 Å². The quantitative estimate of drug-likeness (QED) is 0.593. The number of nitrogens with one attached hydrogen (secondary N) is 2. The molecule has 0 aromatic carbocycles. The predicted molar refractivity (Wildman–Crippen MR) is 142 cm³/mol. The van der Waals surface area contributed by atoms with E-state index in [1.165, 1.54) is 28.5 Å². The molecule has 1 saturated carbocycles. The summed E-state index contributed by atoms with van der Waals surface area (Å²) in [7, 11) is -3.07. The molecule has 4 fully saturated rings. The summed E-state index contributed by atoms with van der Waals surface area (Å²) in [5.74, 6) is 1.42. The maximum atomic E-state index is 11.7. The number of sulfonamides is 1. The van der Waals surface area contributed by atoms with Crippen LogP contribution in [0.15, 0.2) is 30.7 Å². The van der Waals surface area contributed by atoms with Crippen LogP contribution in [0.4, 0.5) is 5.82 Å². The minimum absolute atomic E-state index is 0.0475. The molecule has 2 aromatic heterocycles. The van der Waals surface area contributed by atoms with Crippen molar-refractivity contribution in [2.45, 2.75) is 64.3 Å². The summed E-state index contributed by atoms with van der Waals surface area (Å²) in [5, 5.41) is 0. The number of aromatic nitrogens is 2. The van der Waals surface area contributed by atoms with Crippen LogP contribution in [0.1, 0.15) is 60.6 Å². The molecule has 3 aliphatic heterocycles. The van der Waals surface area contributed by atoms with Crippen LogP contribution in [0.5, 0.6) is 0 Å². The molecule has 6 rings (SSSR count). The van der Waals surface area contributed by atoms with Crippen molar-refractivity contribution in [3.63, 3.8) is 0 Å². The summed E-state index contributed by atoms with van der Waals surface area (Å²) in [6, 6.07) is 4.94. The number of hydrazine groups is 1. The van der Waals surface area contributed by atoms with Gasteiger partial charge in [-0.1, -0.05) is 6.07 Å². The summed E-state index contributed by atoms with van der Waals surface area (Å²) in [4.78, 5) is 11.3. The van der Waals surface area contributed by atoms with Crippen LogP contribution < -0.4 is 15.8 Å². The van der Waals surface area contributed by atoms with Crippen LogP contribution in [0.2, 0.25) is 0 Å². The van der Waals surface area contributed by atoms with E-state index in [1.807, 2.05) is 18.6 Å². The van der Waals surface area contributed by atoms with Gasteiger partial charge >= 0.3 is 0 Å². The first kappa shape index (κ1) is 25.2. The van der Waals surface area contributed by atoms with E-state index in [4.69, 9.17) is 9.72 Å². The third-order valence-corrected chi connectivity index (χ3v) is 10.1. The molecule has 0 bridgehead atoms. The molecule has 4 aliphatic rings. The molecule has 0 radical (unpaired) electrons. The maximum Gasteiger partial charge on any atom is 0.211 e. The van der Waals surface area contributed by atoms with Gasteiger partial charge in [0.2, 0.25) is 10.0 Å². The molecular formula is C27H38N6O3S. The zero-order valence-corrected chi connectivity index (χ0v) is 23.0. The van der Waals surface area contributed by atoms with Crippen molar-refractivity contribution in [1.82, 2.24) is 25.1 Å². The van der Waals surface area contributed by atoms with Crippen molar-refractivity contribution >= 4 is 15.8 Å². The number of anilines is 1. The highest BCUT2D eigenvalue weighted by Crippen LogP contribution is 2.43. The van der Waals surface area contributed by atoms with Gasteiger partial charge in [0.1, 0.15) is 5.82 Å². The fraction of sp³-hybridized carbons (Fsp3) is 0.630. The summed E-state index contributed by atoms with van der Waals surface area (Å²) in [6.07, 6.45) is 10.6. The molecule has 5 heterocycles. The molecule has 9 nitrogen and oxygen atoms in total. The molecular weight excluding hydrogens is 488 g/mol. The Hall–Kier alpha value is -2.11. The van der Waals surface area contributed by atoms with Crippen molar-refractivity contribution < 1.29 is 13.2 Å². The largest absolute Gasteiger partial charge is 0.371 e. The van der Waals surface area contributed by atoms with Crippen molar-refractivity contribution in [2.24, 2.45) is 11.3 Å². The number of hydrogen-bond acceptors (Lipinski definition) is 8.